The molecule has 7 heteroatoms. The molecule has 6 nitrogen and oxygen atoms in total. The van der Waals surface area contributed by atoms with Crippen molar-refractivity contribution in [3.63, 3.8) is 0 Å². The molecular weight excluding hydrogens is 369 g/mol. The van der Waals surface area contributed by atoms with Crippen LogP contribution in [0.25, 0.3) is 0 Å². The lowest BCUT2D eigenvalue weighted by Crippen LogP contribution is -2.35. The van der Waals surface area contributed by atoms with Crippen LogP contribution in [0.15, 0.2) is 48.8 Å². The number of rotatable bonds is 6. The second-order valence-corrected chi connectivity index (χ2v) is 7.35. The summed E-state index contributed by atoms with van der Waals surface area (Å²) < 4.78 is 15.6. The van der Waals surface area contributed by atoms with Gasteiger partial charge in [-0.3, -0.25) is 14.5 Å². The van der Waals surface area contributed by atoms with Crippen LogP contribution in [0.4, 0.5) is 4.39 Å². The molecule has 0 saturated carbocycles. The van der Waals surface area contributed by atoms with Crippen LogP contribution in [0.5, 0.6) is 0 Å². The molecule has 2 heterocycles. The van der Waals surface area contributed by atoms with E-state index in [1.807, 2.05) is 19.2 Å². The fourth-order valence-electron chi connectivity index (χ4n) is 3.81. The fraction of sp³-hybridized carbons (Fsp3) is 0.318. The Morgan fingerprint density at radius 1 is 1.21 bits per heavy atom. The molecule has 0 radical (unpaired) electrons. The summed E-state index contributed by atoms with van der Waals surface area (Å²) in [7, 11) is 1.87. The van der Waals surface area contributed by atoms with Crippen LogP contribution < -0.4 is 10.6 Å². The van der Waals surface area contributed by atoms with Crippen molar-refractivity contribution in [3.05, 3.63) is 82.7 Å². The van der Waals surface area contributed by atoms with Crippen molar-refractivity contribution in [1.29, 1.82) is 0 Å². The highest BCUT2D eigenvalue weighted by molar-refractivity contribution is 5.94. The van der Waals surface area contributed by atoms with E-state index in [1.165, 1.54) is 11.6 Å². The highest BCUT2D eigenvalue weighted by atomic mass is 19.1. The van der Waals surface area contributed by atoms with Gasteiger partial charge in [-0.05, 0) is 43.0 Å². The SMILES string of the molecule is Cn1nc(C(=O)NCc2ccccc2F)c2c1CC[C@H](NCc1ccncc1)C2. The first kappa shape index (κ1) is 19.3. The van der Waals surface area contributed by atoms with Gasteiger partial charge >= 0.3 is 0 Å². The van der Waals surface area contributed by atoms with E-state index in [4.69, 9.17) is 0 Å². The van der Waals surface area contributed by atoms with Crippen LogP contribution in [0.3, 0.4) is 0 Å². The Morgan fingerprint density at radius 2 is 2.00 bits per heavy atom. The number of benzene rings is 1. The summed E-state index contributed by atoms with van der Waals surface area (Å²) in [6, 6.07) is 10.7. The van der Waals surface area contributed by atoms with Crippen LogP contribution in [-0.4, -0.2) is 26.7 Å². The summed E-state index contributed by atoms with van der Waals surface area (Å²) in [6.07, 6.45) is 6.18. The summed E-state index contributed by atoms with van der Waals surface area (Å²) in [4.78, 5) is 16.8. The van der Waals surface area contributed by atoms with Gasteiger partial charge in [0.05, 0.1) is 0 Å². The number of nitrogens with zero attached hydrogens (tertiary/aromatic N) is 3. The van der Waals surface area contributed by atoms with Crippen LogP contribution in [0, 0.1) is 5.82 Å². The summed E-state index contributed by atoms with van der Waals surface area (Å²) in [5, 5.41) is 10.8. The van der Waals surface area contributed by atoms with Gasteiger partial charge in [-0.2, -0.15) is 5.10 Å². The quantitative estimate of drug-likeness (QED) is 0.675. The Labute approximate surface area is 169 Å². The van der Waals surface area contributed by atoms with Crippen LogP contribution in [0.2, 0.25) is 0 Å². The molecule has 1 aliphatic carbocycles. The molecule has 3 aromatic rings. The third kappa shape index (κ3) is 4.35. The molecule has 2 N–H and O–H groups in total. The van der Waals surface area contributed by atoms with Crippen LogP contribution in [-0.2, 0) is 33.0 Å². The molecule has 1 aromatic carbocycles. The number of carbonyl (C=O) groups excluding carboxylic acids is 1. The van der Waals surface area contributed by atoms with E-state index in [9.17, 15) is 9.18 Å². The van der Waals surface area contributed by atoms with Crippen molar-refractivity contribution in [2.24, 2.45) is 7.05 Å². The van der Waals surface area contributed by atoms with Crippen molar-refractivity contribution in [1.82, 2.24) is 25.4 Å². The zero-order valence-electron chi connectivity index (χ0n) is 16.4. The van der Waals surface area contributed by atoms with Crippen molar-refractivity contribution in [2.45, 2.75) is 38.4 Å². The number of hydrogen-bond donors (Lipinski definition) is 2. The summed E-state index contributed by atoms with van der Waals surface area (Å²) >= 11 is 0. The Hall–Kier alpha value is -3.06. The predicted molar refractivity (Wildman–Crippen MR) is 108 cm³/mol. The number of aromatic nitrogens is 3. The molecule has 4 rings (SSSR count). The monoisotopic (exact) mass is 393 g/mol. The molecular formula is C22H24FN5O. The zero-order valence-corrected chi connectivity index (χ0v) is 16.4. The third-order valence-electron chi connectivity index (χ3n) is 5.41. The number of halogens is 1. The molecule has 1 amide bonds. The second kappa shape index (κ2) is 8.53. The van der Waals surface area contributed by atoms with E-state index in [-0.39, 0.29) is 24.3 Å². The number of aryl methyl sites for hydroxylation is 1. The van der Waals surface area contributed by atoms with Crippen molar-refractivity contribution in [3.8, 4) is 0 Å². The van der Waals surface area contributed by atoms with Gasteiger partial charge in [-0.15, -0.1) is 0 Å². The first-order valence-electron chi connectivity index (χ1n) is 9.80. The molecule has 150 valence electrons. The van der Waals surface area contributed by atoms with Gasteiger partial charge in [0.25, 0.3) is 5.91 Å². The van der Waals surface area contributed by atoms with E-state index in [0.29, 0.717) is 11.3 Å². The maximum atomic E-state index is 13.8. The zero-order chi connectivity index (χ0) is 20.2. The van der Waals surface area contributed by atoms with Gasteiger partial charge in [-0.25, -0.2) is 4.39 Å². The van der Waals surface area contributed by atoms with E-state index < -0.39 is 0 Å². The first-order chi connectivity index (χ1) is 14.1. The normalized spacial score (nSPS) is 15.7. The van der Waals surface area contributed by atoms with Gasteiger partial charge in [-0.1, -0.05) is 18.2 Å². The van der Waals surface area contributed by atoms with E-state index >= 15 is 0 Å². The standard InChI is InChI=1S/C22H24FN5O/c1-28-20-7-6-17(25-13-15-8-10-24-11-9-15)12-18(20)21(27-28)22(29)26-14-16-4-2-3-5-19(16)23/h2-5,8-11,17,25H,6-7,12-14H2,1H3,(H,26,29)/t17-/m0/s1. The van der Waals surface area contributed by atoms with E-state index in [0.717, 1.165) is 37.1 Å². The Balaban J connectivity index is 1.43. The molecule has 29 heavy (non-hydrogen) atoms. The van der Waals surface area contributed by atoms with Gasteiger partial charge in [0.1, 0.15) is 5.82 Å². The number of fused-ring (bicyclic) bond motifs is 1. The topological polar surface area (TPSA) is 71.8 Å². The number of carbonyl (C=O) groups is 1. The van der Waals surface area contributed by atoms with Gasteiger partial charge < -0.3 is 10.6 Å². The van der Waals surface area contributed by atoms with Gasteiger partial charge in [0, 0.05) is 55.4 Å². The lowest BCUT2D eigenvalue weighted by Gasteiger charge is -2.24. The molecule has 0 aliphatic heterocycles. The average molecular weight is 393 g/mol. The lowest BCUT2D eigenvalue weighted by molar-refractivity contribution is 0.0943. The molecule has 2 aromatic heterocycles. The Bertz CT molecular complexity index is 1000. The Kier molecular flexibility index (Phi) is 5.67. The minimum Gasteiger partial charge on any atom is -0.346 e. The Morgan fingerprint density at radius 3 is 2.79 bits per heavy atom. The third-order valence-corrected chi connectivity index (χ3v) is 5.41. The largest absolute Gasteiger partial charge is 0.346 e. The van der Waals surface area contributed by atoms with E-state index in [2.05, 4.69) is 20.7 Å². The van der Waals surface area contributed by atoms with Crippen LogP contribution in [0.1, 0.15) is 39.3 Å². The summed E-state index contributed by atoms with van der Waals surface area (Å²) in [5.41, 5.74) is 4.16. The summed E-state index contributed by atoms with van der Waals surface area (Å²) in [5.74, 6) is -0.587. The highest BCUT2D eigenvalue weighted by Gasteiger charge is 2.28. The molecule has 0 saturated heterocycles. The minimum absolute atomic E-state index is 0.139. The smallest absolute Gasteiger partial charge is 0.272 e. The van der Waals surface area contributed by atoms with Gasteiger partial charge in [0.2, 0.25) is 0 Å². The number of hydrogen-bond acceptors (Lipinski definition) is 4. The molecule has 1 atom stereocenters. The highest BCUT2D eigenvalue weighted by Crippen LogP contribution is 2.24. The van der Waals surface area contributed by atoms with Crippen molar-refractivity contribution >= 4 is 5.91 Å². The minimum atomic E-state index is -0.323. The summed E-state index contributed by atoms with van der Waals surface area (Å²) in [6.45, 7) is 0.901. The maximum absolute atomic E-state index is 13.8. The number of nitrogens with one attached hydrogen (secondary N) is 2. The van der Waals surface area contributed by atoms with Crippen LogP contribution >= 0.6 is 0 Å². The molecule has 0 spiro atoms. The lowest BCUT2D eigenvalue weighted by atomic mass is 9.91. The average Bonchev–Trinajstić information content (AvgIpc) is 3.08. The van der Waals surface area contributed by atoms with Crippen molar-refractivity contribution < 1.29 is 9.18 Å². The predicted octanol–water partition coefficient (Wildman–Crippen LogP) is 2.53. The van der Waals surface area contributed by atoms with Crippen molar-refractivity contribution in [2.75, 3.05) is 0 Å². The fourth-order valence-corrected chi connectivity index (χ4v) is 3.81. The number of amides is 1. The molecule has 1 aliphatic rings. The molecule has 0 fully saturated rings. The van der Waals surface area contributed by atoms with E-state index in [1.54, 1.807) is 35.3 Å². The molecule has 0 bridgehead atoms. The molecule has 0 unspecified atom stereocenters. The maximum Gasteiger partial charge on any atom is 0.272 e. The second-order valence-electron chi connectivity index (χ2n) is 7.35. The number of pyridine rings is 1. The van der Waals surface area contributed by atoms with Gasteiger partial charge in [0.15, 0.2) is 5.69 Å². The first-order valence-corrected chi connectivity index (χ1v) is 9.80.